The Bertz CT molecular complexity index is 1090. The van der Waals surface area contributed by atoms with Gasteiger partial charge in [-0.15, -0.1) is 0 Å². The van der Waals surface area contributed by atoms with E-state index in [9.17, 15) is 9.90 Å². The number of nitrogens with one attached hydrogen (secondary N) is 1. The Morgan fingerprint density at radius 2 is 2.16 bits per heavy atom. The molecule has 25 heavy (non-hydrogen) atoms. The number of aromatic amines is 1. The van der Waals surface area contributed by atoms with Crippen LogP contribution >= 0.6 is 0 Å². The normalized spacial score (nSPS) is 12.5. The third-order valence-electron chi connectivity index (χ3n) is 4.02. The Hall–Kier alpha value is -3.19. The van der Waals surface area contributed by atoms with Gasteiger partial charge in [0.05, 0.1) is 30.0 Å². The molecule has 7 nitrogen and oxygen atoms in total. The smallest absolute Gasteiger partial charge is 0.261 e. The molecule has 1 atom stereocenters. The number of hydrogen-bond donors (Lipinski definition) is 2. The number of aliphatic hydroxyl groups is 1. The van der Waals surface area contributed by atoms with E-state index in [0.29, 0.717) is 16.7 Å². The Balaban J connectivity index is 1.49. The summed E-state index contributed by atoms with van der Waals surface area (Å²) in [6.07, 6.45) is 5.50. The molecule has 1 aromatic carbocycles. The molecule has 3 heterocycles. The van der Waals surface area contributed by atoms with E-state index >= 15 is 0 Å². The lowest BCUT2D eigenvalue weighted by molar-refractivity contribution is 0.0922. The monoisotopic (exact) mass is 336 g/mol. The number of benzene rings is 1. The van der Waals surface area contributed by atoms with Crippen molar-refractivity contribution in [2.75, 3.05) is 6.61 Å². The summed E-state index contributed by atoms with van der Waals surface area (Å²) in [6.45, 7) is 0.179. The Morgan fingerprint density at radius 3 is 3.08 bits per heavy atom. The van der Waals surface area contributed by atoms with Gasteiger partial charge in [0.15, 0.2) is 0 Å². The van der Waals surface area contributed by atoms with Gasteiger partial charge in [0, 0.05) is 23.3 Å². The van der Waals surface area contributed by atoms with E-state index in [4.69, 9.17) is 4.74 Å². The molecule has 7 heteroatoms. The molecule has 0 saturated carbocycles. The number of pyridine rings is 1. The zero-order valence-corrected chi connectivity index (χ0v) is 13.3. The van der Waals surface area contributed by atoms with E-state index in [1.54, 1.807) is 12.3 Å². The average Bonchev–Trinajstić information content (AvgIpc) is 3.12. The summed E-state index contributed by atoms with van der Waals surface area (Å²) in [7, 11) is 0. The second kappa shape index (κ2) is 6.37. The average molecular weight is 336 g/mol. The van der Waals surface area contributed by atoms with Crippen LogP contribution in [0.25, 0.3) is 21.8 Å². The van der Waals surface area contributed by atoms with Gasteiger partial charge >= 0.3 is 0 Å². The van der Waals surface area contributed by atoms with E-state index in [-0.39, 0.29) is 18.7 Å². The van der Waals surface area contributed by atoms with Crippen molar-refractivity contribution in [3.8, 4) is 5.75 Å². The summed E-state index contributed by atoms with van der Waals surface area (Å²) < 4.78 is 7.11. The topological polar surface area (TPSA) is 93.0 Å². The lowest BCUT2D eigenvalue weighted by Gasteiger charge is -2.14. The summed E-state index contributed by atoms with van der Waals surface area (Å²) in [5.74, 6) is 0.688. The Morgan fingerprint density at radius 1 is 1.24 bits per heavy atom. The first-order valence-corrected chi connectivity index (χ1v) is 7.88. The van der Waals surface area contributed by atoms with Crippen LogP contribution in [0, 0.1) is 0 Å². The fourth-order valence-corrected chi connectivity index (χ4v) is 2.79. The maximum absolute atomic E-state index is 12.4. The van der Waals surface area contributed by atoms with Crippen molar-refractivity contribution in [2.24, 2.45) is 0 Å². The van der Waals surface area contributed by atoms with Gasteiger partial charge in [-0.2, -0.15) is 0 Å². The first-order chi connectivity index (χ1) is 12.2. The van der Waals surface area contributed by atoms with Crippen molar-refractivity contribution in [3.63, 3.8) is 0 Å². The fraction of sp³-hybridized carbons (Fsp3) is 0.167. The number of H-pyrrole nitrogens is 1. The standard InChI is InChI=1S/C18H16N4O3/c23-12(10-25-17-3-1-2-15-13(17)5-7-20-15)9-22-11-21-16-8-19-6-4-14(16)18(22)24/h1-8,11-12,20,23H,9-10H2/t12-/m1/s1. The van der Waals surface area contributed by atoms with E-state index in [1.165, 1.54) is 17.1 Å². The SMILES string of the molecule is O=c1c2ccncc2ncn1C[C@@H](O)COc1cccc2[nH]ccc12. The molecule has 0 radical (unpaired) electrons. The molecular formula is C18H16N4O3. The fourth-order valence-electron chi connectivity index (χ4n) is 2.79. The largest absolute Gasteiger partial charge is 0.490 e. The highest BCUT2D eigenvalue weighted by Gasteiger charge is 2.11. The van der Waals surface area contributed by atoms with Crippen LogP contribution in [0.1, 0.15) is 0 Å². The zero-order chi connectivity index (χ0) is 17.2. The molecule has 4 aromatic rings. The van der Waals surface area contributed by atoms with Crippen molar-refractivity contribution < 1.29 is 9.84 Å². The number of aliphatic hydroxyl groups excluding tert-OH is 1. The van der Waals surface area contributed by atoms with Crippen molar-refractivity contribution in [1.29, 1.82) is 0 Å². The van der Waals surface area contributed by atoms with Crippen molar-refractivity contribution in [2.45, 2.75) is 12.6 Å². The van der Waals surface area contributed by atoms with E-state index in [1.807, 2.05) is 30.5 Å². The number of hydrogen-bond acceptors (Lipinski definition) is 5. The first-order valence-electron chi connectivity index (χ1n) is 7.88. The minimum Gasteiger partial charge on any atom is -0.490 e. The van der Waals surface area contributed by atoms with Gasteiger partial charge in [0.2, 0.25) is 0 Å². The molecule has 4 rings (SSSR count). The van der Waals surface area contributed by atoms with Crippen LogP contribution in [0.15, 0.2) is 60.0 Å². The molecule has 126 valence electrons. The molecule has 0 aliphatic rings. The van der Waals surface area contributed by atoms with Crippen LogP contribution in [0.5, 0.6) is 5.75 Å². The van der Waals surface area contributed by atoms with Gasteiger partial charge in [-0.3, -0.25) is 14.3 Å². The third kappa shape index (κ3) is 2.97. The van der Waals surface area contributed by atoms with Gasteiger partial charge in [-0.05, 0) is 24.3 Å². The van der Waals surface area contributed by atoms with Crippen molar-refractivity contribution >= 4 is 21.8 Å². The van der Waals surface area contributed by atoms with Crippen LogP contribution in [-0.4, -0.2) is 37.3 Å². The number of fused-ring (bicyclic) bond motifs is 2. The molecule has 0 aliphatic carbocycles. The van der Waals surface area contributed by atoms with E-state index in [2.05, 4.69) is 15.0 Å². The second-order valence-electron chi connectivity index (χ2n) is 5.75. The molecule has 0 amide bonds. The van der Waals surface area contributed by atoms with Crippen LogP contribution < -0.4 is 10.3 Å². The number of nitrogens with zero attached hydrogens (tertiary/aromatic N) is 3. The molecule has 0 unspecified atom stereocenters. The summed E-state index contributed by atoms with van der Waals surface area (Å²) in [4.78, 5) is 23.7. The van der Waals surface area contributed by atoms with Gasteiger partial charge in [0.1, 0.15) is 18.5 Å². The highest BCUT2D eigenvalue weighted by Crippen LogP contribution is 2.24. The lowest BCUT2D eigenvalue weighted by Crippen LogP contribution is -2.30. The maximum atomic E-state index is 12.4. The number of ether oxygens (including phenoxy) is 1. The maximum Gasteiger partial charge on any atom is 0.261 e. The first kappa shape index (κ1) is 15.3. The third-order valence-corrected chi connectivity index (χ3v) is 4.02. The molecule has 0 saturated heterocycles. The van der Waals surface area contributed by atoms with Gasteiger partial charge in [-0.25, -0.2) is 4.98 Å². The molecule has 0 bridgehead atoms. The number of rotatable bonds is 5. The molecular weight excluding hydrogens is 320 g/mol. The molecule has 2 N–H and O–H groups in total. The summed E-state index contributed by atoms with van der Waals surface area (Å²) in [5.41, 5.74) is 1.29. The highest BCUT2D eigenvalue weighted by atomic mass is 16.5. The molecule has 0 spiro atoms. The van der Waals surface area contributed by atoms with Crippen LogP contribution in [0.2, 0.25) is 0 Å². The second-order valence-corrected chi connectivity index (χ2v) is 5.75. The van der Waals surface area contributed by atoms with Gasteiger partial charge in [-0.1, -0.05) is 6.07 Å². The quantitative estimate of drug-likeness (QED) is 0.579. The van der Waals surface area contributed by atoms with Gasteiger partial charge in [0.25, 0.3) is 5.56 Å². The zero-order valence-electron chi connectivity index (χ0n) is 13.3. The van der Waals surface area contributed by atoms with Crippen molar-refractivity contribution in [3.05, 3.63) is 65.6 Å². The molecule has 0 aliphatic heterocycles. The van der Waals surface area contributed by atoms with Gasteiger partial charge < -0.3 is 14.8 Å². The Labute approximate surface area is 142 Å². The summed E-state index contributed by atoms with van der Waals surface area (Å²) in [5, 5.41) is 11.7. The summed E-state index contributed by atoms with van der Waals surface area (Å²) >= 11 is 0. The molecule has 3 aromatic heterocycles. The van der Waals surface area contributed by atoms with Crippen LogP contribution in [0.4, 0.5) is 0 Å². The summed E-state index contributed by atoms with van der Waals surface area (Å²) in [6, 6.07) is 9.22. The van der Waals surface area contributed by atoms with Crippen LogP contribution in [0.3, 0.4) is 0 Å². The van der Waals surface area contributed by atoms with Crippen LogP contribution in [-0.2, 0) is 6.54 Å². The lowest BCUT2D eigenvalue weighted by atomic mass is 10.2. The minimum atomic E-state index is -0.840. The Kier molecular flexibility index (Phi) is 3.91. The highest BCUT2D eigenvalue weighted by molar-refractivity contribution is 5.85. The van der Waals surface area contributed by atoms with Crippen molar-refractivity contribution in [1.82, 2.24) is 19.5 Å². The predicted octanol–water partition coefficient (Wildman–Crippen LogP) is 1.71. The van der Waals surface area contributed by atoms with E-state index < -0.39 is 6.10 Å². The molecule has 0 fully saturated rings. The van der Waals surface area contributed by atoms with E-state index in [0.717, 1.165) is 10.9 Å². The predicted molar refractivity (Wildman–Crippen MR) is 93.6 cm³/mol. The minimum absolute atomic E-state index is 0.0745. The number of aromatic nitrogens is 4.